The molecule has 1 saturated carbocycles. The molecule has 1 aliphatic rings. The lowest BCUT2D eigenvalue weighted by Crippen LogP contribution is -2.19. The van der Waals surface area contributed by atoms with Gasteiger partial charge in [-0.3, -0.25) is 0 Å². The number of thioether (sulfide) groups is 2. The first kappa shape index (κ1) is 15.7. The van der Waals surface area contributed by atoms with Crippen molar-refractivity contribution < 1.29 is 8.42 Å². The molecule has 0 aliphatic heterocycles. The van der Waals surface area contributed by atoms with E-state index >= 15 is 0 Å². The zero-order chi connectivity index (χ0) is 12.7. The van der Waals surface area contributed by atoms with E-state index in [1.54, 1.807) is 0 Å². The molecule has 0 aromatic rings. The lowest BCUT2D eigenvalue weighted by molar-refractivity contribution is 0.529. The Kier molecular flexibility index (Phi) is 7.34. The molecule has 0 bridgehead atoms. The Morgan fingerprint density at radius 3 is 2.18 bits per heavy atom. The molecule has 17 heavy (non-hydrogen) atoms. The Labute approximate surface area is 115 Å². The number of rotatable bonds is 7. The average molecular weight is 297 g/mol. The van der Waals surface area contributed by atoms with E-state index in [2.05, 4.69) is 6.26 Å². The van der Waals surface area contributed by atoms with Crippen molar-refractivity contribution in [3.05, 3.63) is 0 Å². The van der Waals surface area contributed by atoms with Gasteiger partial charge in [0.2, 0.25) is 0 Å². The topological polar surface area (TPSA) is 34.1 Å². The molecule has 0 radical (unpaired) electrons. The van der Waals surface area contributed by atoms with Crippen LogP contribution in [0.25, 0.3) is 0 Å². The maximum Gasteiger partial charge on any atom is 0.151 e. The van der Waals surface area contributed by atoms with E-state index in [0.29, 0.717) is 16.8 Å². The van der Waals surface area contributed by atoms with Crippen LogP contribution in [0.3, 0.4) is 0 Å². The number of hydrogen-bond donors (Lipinski definition) is 0. The predicted octanol–water partition coefficient (Wildman–Crippen LogP) is 3.22. The minimum atomic E-state index is -2.77. The third kappa shape index (κ3) is 6.39. The van der Waals surface area contributed by atoms with Crippen molar-refractivity contribution in [2.45, 2.75) is 49.5 Å². The van der Waals surface area contributed by atoms with E-state index < -0.39 is 9.84 Å². The fourth-order valence-electron chi connectivity index (χ4n) is 2.19. The highest BCUT2D eigenvalue weighted by molar-refractivity contribution is 8.01. The molecule has 1 rings (SSSR count). The van der Waals surface area contributed by atoms with Gasteiger partial charge in [0.15, 0.2) is 9.84 Å². The molecular formula is C12H24O2S3. The predicted molar refractivity (Wildman–Crippen MR) is 81.0 cm³/mol. The summed E-state index contributed by atoms with van der Waals surface area (Å²) >= 11 is 3.85. The molecule has 1 fully saturated rings. The van der Waals surface area contributed by atoms with Gasteiger partial charge >= 0.3 is 0 Å². The minimum absolute atomic E-state index is 0.354. The van der Waals surface area contributed by atoms with Crippen LogP contribution in [-0.2, 0) is 9.84 Å². The summed E-state index contributed by atoms with van der Waals surface area (Å²) < 4.78 is 23.1. The molecule has 2 nitrogen and oxygen atoms in total. The Balaban J connectivity index is 2.16. The first-order valence-corrected chi connectivity index (χ1v) is 10.6. The van der Waals surface area contributed by atoms with Gasteiger partial charge < -0.3 is 0 Å². The summed E-state index contributed by atoms with van der Waals surface area (Å²) in [7, 11) is -2.77. The average Bonchev–Trinajstić information content (AvgIpc) is 2.29. The summed E-state index contributed by atoms with van der Waals surface area (Å²) in [6.45, 7) is 1.92. The van der Waals surface area contributed by atoms with Crippen molar-refractivity contribution in [1.82, 2.24) is 0 Å². The lowest BCUT2D eigenvalue weighted by Gasteiger charge is -2.26. The van der Waals surface area contributed by atoms with Crippen LogP contribution in [0.4, 0.5) is 0 Å². The highest BCUT2D eigenvalue weighted by atomic mass is 32.2. The smallest absolute Gasteiger partial charge is 0.151 e. The van der Waals surface area contributed by atoms with Gasteiger partial charge in [-0.05, 0) is 38.4 Å². The van der Waals surface area contributed by atoms with Crippen LogP contribution >= 0.6 is 23.5 Å². The van der Waals surface area contributed by atoms with E-state index in [1.165, 1.54) is 25.7 Å². The summed E-state index contributed by atoms with van der Waals surface area (Å²) in [5, 5.41) is 1.55. The molecule has 0 saturated heterocycles. The van der Waals surface area contributed by atoms with Gasteiger partial charge in [-0.15, -0.1) is 0 Å². The van der Waals surface area contributed by atoms with Gasteiger partial charge in [-0.2, -0.15) is 23.5 Å². The monoisotopic (exact) mass is 296 g/mol. The molecule has 0 N–H and O–H groups in total. The molecule has 0 unspecified atom stereocenters. The summed E-state index contributed by atoms with van der Waals surface area (Å²) in [4.78, 5) is 0. The van der Waals surface area contributed by atoms with E-state index in [0.717, 1.165) is 17.4 Å². The van der Waals surface area contributed by atoms with Gasteiger partial charge in [-0.1, -0.05) is 6.92 Å². The Morgan fingerprint density at radius 2 is 1.65 bits per heavy atom. The summed E-state index contributed by atoms with van der Waals surface area (Å²) in [6.07, 6.45) is 8.08. The molecule has 0 spiro atoms. The minimum Gasteiger partial charge on any atom is -0.229 e. The van der Waals surface area contributed by atoms with E-state index in [-0.39, 0.29) is 0 Å². The second-order valence-corrected chi connectivity index (χ2v) is 9.51. The standard InChI is InChI=1S/C12H24O2S3/c1-3-9-17(13,14)10-8-16-12-6-4-11(15-2)5-7-12/h11-12H,3-10H2,1-2H3. The third-order valence-corrected chi connectivity index (χ3v) is 7.85. The fraction of sp³-hybridized carbons (Fsp3) is 1.00. The van der Waals surface area contributed by atoms with E-state index in [9.17, 15) is 8.42 Å². The fourth-order valence-corrected chi connectivity index (χ4v) is 6.10. The van der Waals surface area contributed by atoms with Crippen LogP contribution in [0, 0.1) is 0 Å². The first-order chi connectivity index (χ1) is 8.07. The van der Waals surface area contributed by atoms with Gasteiger partial charge in [0.25, 0.3) is 0 Å². The van der Waals surface area contributed by atoms with Crippen LogP contribution in [0.15, 0.2) is 0 Å². The van der Waals surface area contributed by atoms with Crippen LogP contribution in [-0.4, -0.2) is 42.4 Å². The third-order valence-electron chi connectivity index (χ3n) is 3.22. The van der Waals surface area contributed by atoms with Crippen molar-refractivity contribution in [3.8, 4) is 0 Å². The zero-order valence-corrected chi connectivity index (χ0v) is 13.3. The molecule has 0 heterocycles. The largest absolute Gasteiger partial charge is 0.229 e. The number of sulfone groups is 1. The highest BCUT2D eigenvalue weighted by Crippen LogP contribution is 2.33. The molecule has 0 atom stereocenters. The lowest BCUT2D eigenvalue weighted by atomic mass is 10.00. The molecule has 0 aromatic heterocycles. The molecule has 0 amide bonds. The maximum absolute atomic E-state index is 11.6. The van der Waals surface area contributed by atoms with Crippen LogP contribution in [0.5, 0.6) is 0 Å². The number of hydrogen-bond acceptors (Lipinski definition) is 4. The SMILES string of the molecule is CCCS(=O)(=O)CCSC1CCC(SC)CC1. The molecule has 0 aromatic carbocycles. The van der Waals surface area contributed by atoms with Crippen molar-refractivity contribution in [1.29, 1.82) is 0 Å². The van der Waals surface area contributed by atoms with Gasteiger partial charge in [0.05, 0.1) is 5.75 Å². The van der Waals surface area contributed by atoms with Crippen molar-refractivity contribution in [2.75, 3.05) is 23.5 Å². The van der Waals surface area contributed by atoms with Crippen molar-refractivity contribution in [3.63, 3.8) is 0 Å². The van der Waals surface area contributed by atoms with Crippen LogP contribution in [0.1, 0.15) is 39.0 Å². The zero-order valence-electron chi connectivity index (χ0n) is 10.9. The molecule has 1 aliphatic carbocycles. The summed E-state index contributed by atoms with van der Waals surface area (Å²) in [5.74, 6) is 1.51. The van der Waals surface area contributed by atoms with Crippen LogP contribution < -0.4 is 0 Å². The Bertz CT molecular complexity index is 293. The van der Waals surface area contributed by atoms with Crippen molar-refractivity contribution >= 4 is 33.4 Å². The Hall–Kier alpha value is 0.650. The van der Waals surface area contributed by atoms with Gasteiger partial charge in [0, 0.05) is 22.0 Å². The summed E-state index contributed by atoms with van der Waals surface area (Å²) in [6, 6.07) is 0. The Morgan fingerprint density at radius 1 is 1.06 bits per heavy atom. The molecule has 102 valence electrons. The quantitative estimate of drug-likeness (QED) is 0.722. The first-order valence-electron chi connectivity index (χ1n) is 6.42. The van der Waals surface area contributed by atoms with Gasteiger partial charge in [0.1, 0.15) is 0 Å². The van der Waals surface area contributed by atoms with Crippen LogP contribution in [0.2, 0.25) is 0 Å². The maximum atomic E-state index is 11.6. The van der Waals surface area contributed by atoms with Gasteiger partial charge in [-0.25, -0.2) is 8.42 Å². The van der Waals surface area contributed by atoms with E-state index in [1.807, 2.05) is 30.4 Å². The van der Waals surface area contributed by atoms with Crippen molar-refractivity contribution in [2.24, 2.45) is 0 Å². The summed E-state index contributed by atoms with van der Waals surface area (Å²) in [5.41, 5.74) is 0. The molecular weight excluding hydrogens is 272 g/mol. The highest BCUT2D eigenvalue weighted by Gasteiger charge is 2.21. The molecule has 5 heteroatoms. The van der Waals surface area contributed by atoms with E-state index in [4.69, 9.17) is 0 Å². The second-order valence-electron chi connectivity index (χ2n) is 4.66. The second kappa shape index (κ2) is 7.95. The normalized spacial score (nSPS) is 26.0.